The minimum atomic E-state index is -0.266. The number of nitrogens with zero attached hydrogens (tertiary/aromatic N) is 1. The molecule has 22 heavy (non-hydrogen) atoms. The highest BCUT2D eigenvalue weighted by Crippen LogP contribution is 2.18. The van der Waals surface area contributed by atoms with Crippen LogP contribution < -0.4 is 5.32 Å². The summed E-state index contributed by atoms with van der Waals surface area (Å²) in [5, 5.41) is 3.68. The molecule has 0 unspecified atom stereocenters. The summed E-state index contributed by atoms with van der Waals surface area (Å²) in [5.74, 6) is 0.712. The van der Waals surface area contributed by atoms with E-state index in [1.807, 2.05) is 24.3 Å². The quantitative estimate of drug-likeness (QED) is 0.673. The molecule has 2 N–H and O–H groups in total. The first-order valence-electron chi connectivity index (χ1n) is 7.31. The van der Waals surface area contributed by atoms with Gasteiger partial charge in [0.05, 0.1) is 11.0 Å². The second-order valence-electron chi connectivity index (χ2n) is 5.18. The molecule has 0 aliphatic rings. The molecule has 0 saturated heterocycles. The van der Waals surface area contributed by atoms with Gasteiger partial charge < -0.3 is 10.3 Å². The highest BCUT2D eigenvalue weighted by atomic mass is 35.5. The fraction of sp³-hybridized carbons (Fsp3) is 0.235. The average molecular weight is 318 g/mol. The van der Waals surface area contributed by atoms with E-state index < -0.39 is 0 Å². The average Bonchev–Trinajstić information content (AvgIpc) is 2.92. The molecule has 1 aromatic heterocycles. The van der Waals surface area contributed by atoms with Crippen molar-refractivity contribution in [2.75, 3.05) is 6.54 Å². The van der Waals surface area contributed by atoms with E-state index in [-0.39, 0.29) is 5.82 Å². The maximum Gasteiger partial charge on any atom is 0.129 e. The minimum Gasteiger partial charge on any atom is -0.342 e. The Bertz CT molecular complexity index is 716. The second kappa shape index (κ2) is 6.90. The van der Waals surface area contributed by atoms with Gasteiger partial charge in [-0.2, -0.15) is 0 Å². The lowest BCUT2D eigenvalue weighted by atomic mass is 10.2. The molecule has 114 valence electrons. The Balaban J connectivity index is 1.47. The highest BCUT2D eigenvalue weighted by Gasteiger charge is 2.06. The molecule has 3 aromatic rings. The standard InChI is InChI=1S/C17H17ClFN3/c18-13-5-3-6-14(19)12(13)11-20-10-4-9-17-21-15-7-1-2-8-16(15)22-17/h1-3,5-8,20H,4,9-11H2,(H,21,22). The van der Waals surface area contributed by atoms with E-state index >= 15 is 0 Å². The van der Waals surface area contributed by atoms with Gasteiger partial charge in [-0.3, -0.25) is 0 Å². The summed E-state index contributed by atoms with van der Waals surface area (Å²) >= 11 is 5.99. The maximum absolute atomic E-state index is 13.6. The summed E-state index contributed by atoms with van der Waals surface area (Å²) in [6, 6.07) is 12.7. The van der Waals surface area contributed by atoms with Crippen molar-refractivity contribution in [3.05, 3.63) is 64.7 Å². The lowest BCUT2D eigenvalue weighted by Gasteiger charge is -2.07. The highest BCUT2D eigenvalue weighted by molar-refractivity contribution is 6.31. The van der Waals surface area contributed by atoms with Crippen LogP contribution in [0.4, 0.5) is 4.39 Å². The molecule has 3 nitrogen and oxygen atoms in total. The number of nitrogens with one attached hydrogen (secondary N) is 2. The summed E-state index contributed by atoms with van der Waals surface area (Å²) in [6.45, 7) is 1.22. The number of para-hydroxylation sites is 2. The van der Waals surface area contributed by atoms with E-state index in [0.717, 1.165) is 36.2 Å². The van der Waals surface area contributed by atoms with Gasteiger partial charge >= 0.3 is 0 Å². The van der Waals surface area contributed by atoms with E-state index in [0.29, 0.717) is 17.1 Å². The van der Waals surface area contributed by atoms with E-state index in [1.165, 1.54) is 6.07 Å². The largest absolute Gasteiger partial charge is 0.342 e. The molecule has 0 saturated carbocycles. The van der Waals surface area contributed by atoms with Crippen molar-refractivity contribution in [3.63, 3.8) is 0 Å². The lowest BCUT2D eigenvalue weighted by Crippen LogP contribution is -2.16. The van der Waals surface area contributed by atoms with Crippen molar-refractivity contribution in [1.29, 1.82) is 0 Å². The zero-order valence-corrected chi connectivity index (χ0v) is 12.8. The van der Waals surface area contributed by atoms with E-state index in [1.54, 1.807) is 12.1 Å². The van der Waals surface area contributed by atoms with Crippen molar-refractivity contribution >= 4 is 22.6 Å². The number of aromatic nitrogens is 2. The van der Waals surface area contributed by atoms with Crippen LogP contribution in [0.2, 0.25) is 5.02 Å². The van der Waals surface area contributed by atoms with Crippen LogP contribution in [0.1, 0.15) is 17.8 Å². The number of aromatic amines is 1. The van der Waals surface area contributed by atoms with Crippen LogP contribution in [-0.4, -0.2) is 16.5 Å². The minimum absolute atomic E-state index is 0.266. The molecule has 0 radical (unpaired) electrons. The van der Waals surface area contributed by atoms with E-state index in [4.69, 9.17) is 11.6 Å². The maximum atomic E-state index is 13.6. The molecule has 0 spiro atoms. The van der Waals surface area contributed by atoms with Crippen molar-refractivity contribution in [3.8, 4) is 0 Å². The summed E-state index contributed by atoms with van der Waals surface area (Å²) < 4.78 is 13.6. The van der Waals surface area contributed by atoms with Crippen LogP contribution in [-0.2, 0) is 13.0 Å². The predicted octanol–water partition coefficient (Wildman–Crippen LogP) is 4.08. The molecule has 2 aromatic carbocycles. The molecule has 0 atom stereocenters. The zero-order valence-electron chi connectivity index (χ0n) is 12.1. The first-order chi connectivity index (χ1) is 10.7. The zero-order chi connectivity index (χ0) is 15.4. The molecule has 5 heteroatoms. The van der Waals surface area contributed by atoms with Crippen LogP contribution in [0.25, 0.3) is 11.0 Å². The number of fused-ring (bicyclic) bond motifs is 1. The molecule has 3 rings (SSSR count). The normalized spacial score (nSPS) is 11.2. The first-order valence-corrected chi connectivity index (χ1v) is 7.69. The number of rotatable bonds is 6. The number of H-pyrrole nitrogens is 1. The van der Waals surface area contributed by atoms with Gasteiger partial charge in [0.1, 0.15) is 11.6 Å². The third-order valence-corrected chi connectivity index (χ3v) is 3.92. The smallest absolute Gasteiger partial charge is 0.129 e. The van der Waals surface area contributed by atoms with Crippen LogP contribution >= 0.6 is 11.6 Å². The second-order valence-corrected chi connectivity index (χ2v) is 5.59. The third kappa shape index (κ3) is 3.46. The van der Waals surface area contributed by atoms with Crippen molar-refractivity contribution < 1.29 is 4.39 Å². The van der Waals surface area contributed by atoms with Crippen molar-refractivity contribution in [2.24, 2.45) is 0 Å². The molecule has 0 aliphatic heterocycles. The Hall–Kier alpha value is -1.91. The van der Waals surface area contributed by atoms with Gasteiger partial charge in [0.2, 0.25) is 0 Å². The number of imidazole rings is 1. The Morgan fingerprint density at radius 3 is 2.82 bits per heavy atom. The summed E-state index contributed by atoms with van der Waals surface area (Å²) in [4.78, 5) is 7.83. The fourth-order valence-corrected chi connectivity index (χ4v) is 2.65. The van der Waals surface area contributed by atoms with Crippen LogP contribution in [0.3, 0.4) is 0 Å². The Kier molecular flexibility index (Phi) is 4.71. The molecule has 1 heterocycles. The molecule has 0 bridgehead atoms. The first kappa shape index (κ1) is 15.0. The monoisotopic (exact) mass is 317 g/mol. The number of hydrogen-bond donors (Lipinski definition) is 2. The summed E-state index contributed by atoms with van der Waals surface area (Å²) in [6.07, 6.45) is 1.78. The van der Waals surface area contributed by atoms with Crippen molar-refractivity contribution in [1.82, 2.24) is 15.3 Å². The number of hydrogen-bond acceptors (Lipinski definition) is 2. The topological polar surface area (TPSA) is 40.7 Å². The lowest BCUT2D eigenvalue weighted by molar-refractivity contribution is 0.580. The molecule has 0 amide bonds. The van der Waals surface area contributed by atoms with Gasteiger partial charge in [-0.1, -0.05) is 29.8 Å². The fourth-order valence-electron chi connectivity index (χ4n) is 2.42. The summed E-state index contributed by atoms with van der Waals surface area (Å²) in [7, 11) is 0. The van der Waals surface area contributed by atoms with Gasteiger partial charge in [0.15, 0.2) is 0 Å². The Morgan fingerprint density at radius 2 is 2.00 bits per heavy atom. The van der Waals surface area contributed by atoms with Gasteiger partial charge in [0, 0.05) is 23.6 Å². The van der Waals surface area contributed by atoms with Gasteiger partial charge in [-0.25, -0.2) is 9.37 Å². The number of benzene rings is 2. The molecular formula is C17H17ClFN3. The van der Waals surface area contributed by atoms with Crippen molar-refractivity contribution in [2.45, 2.75) is 19.4 Å². The van der Waals surface area contributed by atoms with Gasteiger partial charge in [-0.15, -0.1) is 0 Å². The SMILES string of the molecule is Fc1cccc(Cl)c1CNCCCc1nc2ccccc2[nH]1. The Morgan fingerprint density at radius 1 is 1.14 bits per heavy atom. The number of aryl methyl sites for hydroxylation is 1. The Labute approximate surface area is 133 Å². The van der Waals surface area contributed by atoms with E-state index in [9.17, 15) is 4.39 Å². The predicted molar refractivity (Wildman–Crippen MR) is 87.5 cm³/mol. The molecule has 0 aliphatic carbocycles. The van der Waals surface area contributed by atoms with Crippen LogP contribution in [0.5, 0.6) is 0 Å². The van der Waals surface area contributed by atoms with E-state index in [2.05, 4.69) is 15.3 Å². The van der Waals surface area contributed by atoms with Gasteiger partial charge in [0.25, 0.3) is 0 Å². The van der Waals surface area contributed by atoms with Gasteiger partial charge in [-0.05, 0) is 37.2 Å². The number of halogens is 2. The third-order valence-electron chi connectivity index (χ3n) is 3.57. The summed E-state index contributed by atoms with van der Waals surface area (Å²) in [5.41, 5.74) is 2.57. The molecular weight excluding hydrogens is 301 g/mol. The molecule has 0 fully saturated rings. The van der Waals surface area contributed by atoms with Crippen LogP contribution in [0.15, 0.2) is 42.5 Å². The van der Waals surface area contributed by atoms with Crippen LogP contribution in [0, 0.1) is 5.82 Å².